The van der Waals surface area contributed by atoms with Crippen molar-refractivity contribution in [2.75, 3.05) is 20.8 Å². The van der Waals surface area contributed by atoms with Gasteiger partial charge >= 0.3 is 0 Å². The third-order valence-corrected chi connectivity index (χ3v) is 4.23. The number of hydrogen-bond donors (Lipinski definition) is 1. The Bertz CT molecular complexity index is 854. The molecule has 1 N–H and O–H groups in total. The molecule has 0 bridgehead atoms. The highest BCUT2D eigenvalue weighted by Gasteiger charge is 2.15. The number of carbonyl (C=O) groups excluding carboxylic acids is 1. The lowest BCUT2D eigenvalue weighted by molar-refractivity contribution is -0.123. The van der Waals surface area contributed by atoms with Crippen LogP contribution in [0.25, 0.3) is 0 Å². The second kappa shape index (κ2) is 9.26. The Labute approximate surface area is 166 Å². The minimum absolute atomic E-state index is 0.0674. The first-order valence-electron chi connectivity index (χ1n) is 9.02. The molecule has 1 amide bonds. The van der Waals surface area contributed by atoms with Gasteiger partial charge in [0, 0.05) is 11.6 Å². The third kappa shape index (κ3) is 5.74. The molecule has 0 fully saturated rings. The van der Waals surface area contributed by atoms with Gasteiger partial charge in [-0.25, -0.2) is 5.43 Å². The van der Waals surface area contributed by atoms with Crippen LogP contribution < -0.4 is 19.6 Å². The normalized spacial score (nSPS) is 11.4. The minimum atomic E-state index is -0.344. The highest BCUT2D eigenvalue weighted by atomic mass is 16.5. The molecule has 2 aromatic carbocycles. The summed E-state index contributed by atoms with van der Waals surface area (Å²) in [5.74, 6) is 1.62. The number of benzene rings is 2. The second-order valence-corrected chi connectivity index (χ2v) is 7.42. The predicted octanol–water partition coefficient (Wildman–Crippen LogP) is 3.84. The van der Waals surface area contributed by atoms with Crippen LogP contribution in [-0.4, -0.2) is 32.9 Å². The van der Waals surface area contributed by atoms with E-state index >= 15 is 0 Å². The zero-order valence-electron chi connectivity index (χ0n) is 17.3. The van der Waals surface area contributed by atoms with Crippen molar-refractivity contribution in [3.05, 3.63) is 53.1 Å². The van der Waals surface area contributed by atoms with Crippen LogP contribution >= 0.6 is 0 Å². The SMILES string of the molecule is COc1ccc(/C=N/NC(=O)COc2ccc(C(C)(C)C)cc2C)c(OC)c1. The lowest BCUT2D eigenvalue weighted by atomic mass is 9.86. The smallest absolute Gasteiger partial charge is 0.277 e. The van der Waals surface area contributed by atoms with E-state index in [0.29, 0.717) is 17.2 Å². The molecule has 28 heavy (non-hydrogen) atoms. The average molecular weight is 384 g/mol. The van der Waals surface area contributed by atoms with Crippen molar-refractivity contribution in [2.24, 2.45) is 5.10 Å². The number of ether oxygens (including phenoxy) is 3. The predicted molar refractivity (Wildman–Crippen MR) is 111 cm³/mol. The van der Waals surface area contributed by atoms with Crippen LogP contribution in [0.15, 0.2) is 41.5 Å². The maximum absolute atomic E-state index is 12.0. The molecule has 0 atom stereocenters. The maximum atomic E-state index is 12.0. The van der Waals surface area contributed by atoms with Gasteiger partial charge in [0.1, 0.15) is 17.2 Å². The molecule has 150 valence electrons. The molecule has 2 aromatic rings. The molecule has 0 aliphatic carbocycles. The zero-order chi connectivity index (χ0) is 20.7. The van der Waals surface area contributed by atoms with Crippen molar-refractivity contribution in [1.82, 2.24) is 5.43 Å². The summed E-state index contributed by atoms with van der Waals surface area (Å²) in [5, 5.41) is 3.96. The number of carbonyl (C=O) groups is 1. The van der Waals surface area contributed by atoms with E-state index in [-0.39, 0.29) is 17.9 Å². The molecule has 6 heteroatoms. The first-order chi connectivity index (χ1) is 13.2. The topological polar surface area (TPSA) is 69.2 Å². The van der Waals surface area contributed by atoms with E-state index in [0.717, 1.165) is 11.1 Å². The van der Waals surface area contributed by atoms with Crippen molar-refractivity contribution < 1.29 is 19.0 Å². The first kappa shape index (κ1) is 21.3. The summed E-state index contributed by atoms with van der Waals surface area (Å²) in [4.78, 5) is 12.0. The minimum Gasteiger partial charge on any atom is -0.497 e. The summed E-state index contributed by atoms with van der Waals surface area (Å²) in [6, 6.07) is 11.3. The summed E-state index contributed by atoms with van der Waals surface area (Å²) in [5.41, 5.74) is 5.46. The zero-order valence-corrected chi connectivity index (χ0v) is 17.3. The number of rotatable bonds is 7. The Morgan fingerprint density at radius 3 is 2.43 bits per heavy atom. The van der Waals surface area contributed by atoms with Gasteiger partial charge in [-0.15, -0.1) is 0 Å². The lowest BCUT2D eigenvalue weighted by Gasteiger charge is -2.20. The Morgan fingerprint density at radius 1 is 1.07 bits per heavy atom. The van der Waals surface area contributed by atoms with Crippen LogP contribution in [-0.2, 0) is 10.2 Å². The van der Waals surface area contributed by atoms with Gasteiger partial charge in [-0.2, -0.15) is 5.10 Å². The molecule has 0 heterocycles. The molecule has 6 nitrogen and oxygen atoms in total. The molecule has 0 unspecified atom stereocenters. The van der Waals surface area contributed by atoms with Crippen LogP contribution in [0.1, 0.15) is 37.5 Å². The van der Waals surface area contributed by atoms with Crippen molar-refractivity contribution in [3.8, 4) is 17.2 Å². The van der Waals surface area contributed by atoms with Crippen LogP contribution in [0.3, 0.4) is 0 Å². The fourth-order valence-corrected chi connectivity index (χ4v) is 2.55. The Kier molecular flexibility index (Phi) is 7.04. The van der Waals surface area contributed by atoms with Gasteiger partial charge in [0.2, 0.25) is 0 Å². The number of amides is 1. The van der Waals surface area contributed by atoms with Gasteiger partial charge in [-0.05, 0) is 41.7 Å². The second-order valence-electron chi connectivity index (χ2n) is 7.42. The molecule has 0 aromatic heterocycles. The van der Waals surface area contributed by atoms with Crippen molar-refractivity contribution in [2.45, 2.75) is 33.1 Å². The van der Waals surface area contributed by atoms with Crippen LogP contribution in [0.5, 0.6) is 17.2 Å². The summed E-state index contributed by atoms with van der Waals surface area (Å²) in [7, 11) is 3.15. The quantitative estimate of drug-likeness (QED) is 0.582. The molecular formula is C22H28N2O4. The lowest BCUT2D eigenvalue weighted by Crippen LogP contribution is -2.24. The van der Waals surface area contributed by atoms with Gasteiger partial charge in [-0.3, -0.25) is 4.79 Å². The highest BCUT2D eigenvalue weighted by Crippen LogP contribution is 2.27. The van der Waals surface area contributed by atoms with Crippen molar-refractivity contribution >= 4 is 12.1 Å². The monoisotopic (exact) mass is 384 g/mol. The molecule has 0 radical (unpaired) electrons. The third-order valence-electron chi connectivity index (χ3n) is 4.23. The number of nitrogens with zero attached hydrogens (tertiary/aromatic N) is 1. The highest BCUT2D eigenvalue weighted by molar-refractivity contribution is 5.85. The fraction of sp³-hybridized carbons (Fsp3) is 0.364. The van der Waals surface area contributed by atoms with E-state index in [1.54, 1.807) is 32.4 Å². The molecular weight excluding hydrogens is 356 g/mol. The van der Waals surface area contributed by atoms with Crippen LogP contribution in [0.4, 0.5) is 0 Å². The molecule has 0 spiro atoms. The van der Waals surface area contributed by atoms with Gasteiger partial charge in [0.15, 0.2) is 6.61 Å². The van der Waals surface area contributed by atoms with Crippen LogP contribution in [0, 0.1) is 6.92 Å². The summed E-state index contributed by atoms with van der Waals surface area (Å²) in [6.07, 6.45) is 1.51. The molecule has 0 saturated heterocycles. The number of aryl methyl sites for hydroxylation is 1. The summed E-state index contributed by atoms with van der Waals surface area (Å²) in [6.45, 7) is 8.33. The fourth-order valence-electron chi connectivity index (χ4n) is 2.55. The summed E-state index contributed by atoms with van der Waals surface area (Å²) >= 11 is 0. The number of methoxy groups -OCH3 is 2. The van der Waals surface area contributed by atoms with Gasteiger partial charge in [-0.1, -0.05) is 32.9 Å². The molecule has 0 saturated carbocycles. The van der Waals surface area contributed by atoms with Gasteiger partial charge < -0.3 is 14.2 Å². The van der Waals surface area contributed by atoms with Gasteiger partial charge in [0.25, 0.3) is 5.91 Å². The Balaban J connectivity index is 1.92. The van der Waals surface area contributed by atoms with Gasteiger partial charge in [0.05, 0.1) is 20.4 Å². The molecule has 2 rings (SSSR count). The van der Waals surface area contributed by atoms with E-state index in [1.165, 1.54) is 11.8 Å². The van der Waals surface area contributed by atoms with E-state index in [2.05, 4.69) is 37.4 Å². The van der Waals surface area contributed by atoms with E-state index in [9.17, 15) is 4.79 Å². The van der Waals surface area contributed by atoms with E-state index in [4.69, 9.17) is 14.2 Å². The number of hydrogen-bond acceptors (Lipinski definition) is 5. The molecule has 0 aliphatic heterocycles. The maximum Gasteiger partial charge on any atom is 0.277 e. The summed E-state index contributed by atoms with van der Waals surface area (Å²) < 4.78 is 16.1. The average Bonchev–Trinajstić information content (AvgIpc) is 2.66. The largest absolute Gasteiger partial charge is 0.497 e. The number of nitrogens with one attached hydrogen (secondary N) is 1. The van der Waals surface area contributed by atoms with Crippen LogP contribution in [0.2, 0.25) is 0 Å². The number of hydrazone groups is 1. The first-order valence-corrected chi connectivity index (χ1v) is 9.02. The van der Waals surface area contributed by atoms with E-state index < -0.39 is 0 Å². The standard InChI is InChI=1S/C22H28N2O4/c1-15-11-17(22(2,3)4)8-10-19(15)28-14-21(25)24-23-13-16-7-9-18(26-5)12-20(16)27-6/h7-13H,14H2,1-6H3,(H,24,25)/b23-13+. The Morgan fingerprint density at radius 2 is 1.82 bits per heavy atom. The van der Waals surface area contributed by atoms with Crippen molar-refractivity contribution in [1.29, 1.82) is 0 Å². The Hall–Kier alpha value is -3.02. The molecule has 0 aliphatic rings. The van der Waals surface area contributed by atoms with Crippen molar-refractivity contribution in [3.63, 3.8) is 0 Å². The van der Waals surface area contributed by atoms with E-state index in [1.807, 2.05) is 19.1 Å².